The summed E-state index contributed by atoms with van der Waals surface area (Å²) >= 11 is 0. The Balaban J connectivity index is 2.32. The van der Waals surface area contributed by atoms with Crippen LogP contribution in [0.3, 0.4) is 0 Å². The lowest BCUT2D eigenvalue weighted by Crippen LogP contribution is -2.51. The lowest BCUT2D eigenvalue weighted by atomic mass is 9.93. The lowest BCUT2D eigenvalue weighted by Gasteiger charge is -2.35. The van der Waals surface area contributed by atoms with E-state index in [1.165, 1.54) is 12.8 Å². The molecular formula is C14H30N2O2. The minimum atomic E-state index is -0.152. The Kier molecular flexibility index (Phi) is 6.57. The van der Waals surface area contributed by atoms with Gasteiger partial charge in [0.05, 0.1) is 13.2 Å². The standard InChI is InChI=1S/C14H30N2O2/c1-5-18-9-8-16(4)12(2)10-14(3,11-17)15-13-6-7-13/h12-13,15,17H,5-11H2,1-4H3. The van der Waals surface area contributed by atoms with Crippen LogP contribution in [-0.2, 0) is 4.74 Å². The molecule has 2 atom stereocenters. The Bertz CT molecular complexity index is 234. The maximum absolute atomic E-state index is 9.60. The van der Waals surface area contributed by atoms with Gasteiger partial charge in [0.15, 0.2) is 0 Å². The maximum atomic E-state index is 9.60. The van der Waals surface area contributed by atoms with E-state index >= 15 is 0 Å². The van der Waals surface area contributed by atoms with E-state index in [1.54, 1.807) is 0 Å². The van der Waals surface area contributed by atoms with Crippen molar-refractivity contribution in [3.8, 4) is 0 Å². The lowest BCUT2D eigenvalue weighted by molar-refractivity contribution is 0.0887. The van der Waals surface area contributed by atoms with Crippen LogP contribution in [0.4, 0.5) is 0 Å². The summed E-state index contributed by atoms with van der Waals surface area (Å²) in [6.45, 7) is 9.06. The first-order valence-electron chi connectivity index (χ1n) is 7.17. The van der Waals surface area contributed by atoms with Crippen molar-refractivity contribution in [2.45, 2.75) is 57.7 Å². The summed E-state index contributed by atoms with van der Waals surface area (Å²) in [5.41, 5.74) is -0.152. The summed E-state index contributed by atoms with van der Waals surface area (Å²) in [5.74, 6) is 0. The average Bonchev–Trinajstić information content (AvgIpc) is 3.12. The van der Waals surface area contributed by atoms with Crippen molar-refractivity contribution in [3.63, 3.8) is 0 Å². The molecule has 0 aromatic carbocycles. The van der Waals surface area contributed by atoms with E-state index in [2.05, 4.69) is 31.1 Å². The minimum absolute atomic E-state index is 0.152. The minimum Gasteiger partial charge on any atom is -0.394 e. The van der Waals surface area contributed by atoms with Gasteiger partial charge < -0.3 is 20.1 Å². The van der Waals surface area contributed by atoms with Crippen molar-refractivity contribution in [3.05, 3.63) is 0 Å². The van der Waals surface area contributed by atoms with Crippen LogP contribution < -0.4 is 5.32 Å². The molecule has 0 aromatic rings. The van der Waals surface area contributed by atoms with Gasteiger partial charge in [0.25, 0.3) is 0 Å². The van der Waals surface area contributed by atoms with Gasteiger partial charge in [0.2, 0.25) is 0 Å². The fourth-order valence-corrected chi connectivity index (χ4v) is 2.27. The second-order valence-corrected chi connectivity index (χ2v) is 5.87. The predicted molar refractivity (Wildman–Crippen MR) is 74.9 cm³/mol. The van der Waals surface area contributed by atoms with Crippen LogP contribution in [0.25, 0.3) is 0 Å². The fourth-order valence-electron chi connectivity index (χ4n) is 2.27. The first kappa shape index (κ1) is 15.9. The Hall–Kier alpha value is -0.160. The molecule has 0 bridgehead atoms. The van der Waals surface area contributed by atoms with Crippen molar-refractivity contribution in [2.24, 2.45) is 0 Å². The molecule has 0 aliphatic heterocycles. The first-order chi connectivity index (χ1) is 8.50. The number of aliphatic hydroxyl groups is 1. The van der Waals surface area contributed by atoms with Gasteiger partial charge in [0.1, 0.15) is 0 Å². The molecule has 4 nitrogen and oxygen atoms in total. The zero-order chi connectivity index (χ0) is 13.6. The number of hydrogen-bond donors (Lipinski definition) is 2. The van der Waals surface area contributed by atoms with Gasteiger partial charge >= 0.3 is 0 Å². The van der Waals surface area contributed by atoms with E-state index in [0.29, 0.717) is 12.1 Å². The van der Waals surface area contributed by atoms with Gasteiger partial charge in [0, 0.05) is 30.8 Å². The molecule has 18 heavy (non-hydrogen) atoms. The molecule has 1 aliphatic carbocycles. The van der Waals surface area contributed by atoms with E-state index in [9.17, 15) is 5.11 Å². The number of likely N-dealkylation sites (N-methyl/N-ethyl adjacent to an activating group) is 1. The first-order valence-corrected chi connectivity index (χ1v) is 7.17. The molecule has 0 radical (unpaired) electrons. The third kappa shape index (κ3) is 5.65. The third-order valence-corrected chi connectivity index (χ3v) is 3.77. The highest BCUT2D eigenvalue weighted by Crippen LogP contribution is 2.25. The molecule has 0 saturated heterocycles. The largest absolute Gasteiger partial charge is 0.394 e. The Morgan fingerprint density at radius 3 is 2.67 bits per heavy atom. The highest BCUT2D eigenvalue weighted by molar-refractivity contribution is 4.94. The van der Waals surface area contributed by atoms with Crippen molar-refractivity contribution < 1.29 is 9.84 Å². The maximum Gasteiger partial charge on any atom is 0.0611 e. The van der Waals surface area contributed by atoms with E-state index in [0.717, 1.165) is 26.2 Å². The van der Waals surface area contributed by atoms with Crippen LogP contribution in [0, 0.1) is 0 Å². The van der Waals surface area contributed by atoms with E-state index in [4.69, 9.17) is 4.74 Å². The summed E-state index contributed by atoms with van der Waals surface area (Å²) in [6.07, 6.45) is 3.47. The van der Waals surface area contributed by atoms with Crippen molar-refractivity contribution in [1.82, 2.24) is 10.2 Å². The Labute approximate surface area is 112 Å². The smallest absolute Gasteiger partial charge is 0.0611 e. The monoisotopic (exact) mass is 258 g/mol. The van der Waals surface area contributed by atoms with Crippen LogP contribution in [0.1, 0.15) is 40.0 Å². The predicted octanol–water partition coefficient (Wildman–Crippen LogP) is 1.24. The molecule has 108 valence electrons. The molecule has 1 aliphatic rings. The van der Waals surface area contributed by atoms with Gasteiger partial charge in [-0.25, -0.2) is 0 Å². The van der Waals surface area contributed by atoms with Crippen LogP contribution in [0.15, 0.2) is 0 Å². The molecular weight excluding hydrogens is 228 g/mol. The zero-order valence-corrected chi connectivity index (χ0v) is 12.4. The molecule has 2 unspecified atom stereocenters. The van der Waals surface area contributed by atoms with Crippen LogP contribution in [0.5, 0.6) is 0 Å². The number of nitrogens with one attached hydrogen (secondary N) is 1. The van der Waals surface area contributed by atoms with Crippen molar-refractivity contribution in [2.75, 3.05) is 33.4 Å². The van der Waals surface area contributed by atoms with Crippen LogP contribution in [-0.4, -0.2) is 61.0 Å². The topological polar surface area (TPSA) is 44.7 Å². The van der Waals surface area contributed by atoms with Crippen LogP contribution in [0.2, 0.25) is 0 Å². The summed E-state index contributed by atoms with van der Waals surface area (Å²) in [7, 11) is 2.12. The number of rotatable bonds is 10. The summed E-state index contributed by atoms with van der Waals surface area (Å²) in [6, 6.07) is 1.07. The highest BCUT2D eigenvalue weighted by atomic mass is 16.5. The number of ether oxygens (including phenoxy) is 1. The van der Waals surface area contributed by atoms with Gasteiger partial charge in [-0.15, -0.1) is 0 Å². The number of hydrogen-bond acceptors (Lipinski definition) is 4. The Morgan fingerprint density at radius 2 is 2.17 bits per heavy atom. The van der Waals surface area contributed by atoms with Gasteiger partial charge in [-0.2, -0.15) is 0 Å². The fraction of sp³-hybridized carbons (Fsp3) is 1.00. The highest BCUT2D eigenvalue weighted by Gasteiger charge is 2.33. The molecule has 1 fully saturated rings. The third-order valence-electron chi connectivity index (χ3n) is 3.77. The Morgan fingerprint density at radius 1 is 1.50 bits per heavy atom. The summed E-state index contributed by atoms with van der Waals surface area (Å²) in [4.78, 5) is 2.30. The quantitative estimate of drug-likeness (QED) is 0.579. The molecule has 0 heterocycles. The number of aliphatic hydroxyl groups excluding tert-OH is 1. The molecule has 1 saturated carbocycles. The van der Waals surface area contributed by atoms with E-state index < -0.39 is 0 Å². The van der Waals surface area contributed by atoms with Crippen molar-refractivity contribution in [1.29, 1.82) is 0 Å². The zero-order valence-electron chi connectivity index (χ0n) is 12.4. The van der Waals surface area contributed by atoms with Crippen molar-refractivity contribution >= 4 is 0 Å². The number of nitrogens with zero attached hydrogens (tertiary/aromatic N) is 1. The molecule has 2 N–H and O–H groups in total. The molecule has 0 spiro atoms. The van der Waals surface area contributed by atoms with E-state index in [-0.39, 0.29) is 12.1 Å². The summed E-state index contributed by atoms with van der Waals surface area (Å²) in [5, 5.41) is 13.2. The second kappa shape index (κ2) is 7.43. The molecule has 0 amide bonds. The second-order valence-electron chi connectivity index (χ2n) is 5.87. The van der Waals surface area contributed by atoms with Gasteiger partial charge in [-0.05, 0) is 47.1 Å². The molecule has 0 aromatic heterocycles. The average molecular weight is 258 g/mol. The van der Waals surface area contributed by atoms with E-state index in [1.807, 2.05) is 6.92 Å². The molecule has 1 rings (SSSR count). The SMILES string of the molecule is CCOCCN(C)C(C)CC(C)(CO)NC1CC1. The normalized spacial score (nSPS) is 21.0. The van der Waals surface area contributed by atoms with Crippen LogP contribution >= 0.6 is 0 Å². The van der Waals surface area contributed by atoms with Gasteiger partial charge in [-0.1, -0.05) is 0 Å². The molecule has 4 heteroatoms. The summed E-state index contributed by atoms with van der Waals surface area (Å²) < 4.78 is 5.38. The van der Waals surface area contributed by atoms with Gasteiger partial charge in [-0.3, -0.25) is 0 Å².